The lowest BCUT2D eigenvalue weighted by atomic mass is 9.99. The van der Waals surface area contributed by atoms with Crippen molar-refractivity contribution in [2.45, 2.75) is 13.0 Å². The van der Waals surface area contributed by atoms with Gasteiger partial charge in [-0.05, 0) is 34.9 Å². The first-order chi connectivity index (χ1) is 7.36. The molecule has 78 valence electrons. The van der Waals surface area contributed by atoms with Gasteiger partial charge in [-0.2, -0.15) is 0 Å². The van der Waals surface area contributed by atoms with E-state index in [0.29, 0.717) is 6.54 Å². The summed E-state index contributed by atoms with van der Waals surface area (Å²) in [4.78, 5) is 0. The third-order valence-corrected chi connectivity index (χ3v) is 2.69. The average molecular weight is 201 g/mol. The van der Waals surface area contributed by atoms with Crippen LogP contribution in [-0.4, -0.2) is 11.7 Å². The molecular weight excluding hydrogens is 186 g/mol. The molecule has 0 amide bonds. The van der Waals surface area contributed by atoms with Gasteiger partial charge >= 0.3 is 0 Å². The Kier molecular flexibility index (Phi) is 2.99. The SMILES string of the molecule is NCCc1cccc2c(CO)cccc12. The van der Waals surface area contributed by atoms with Crippen molar-refractivity contribution in [1.29, 1.82) is 0 Å². The Labute approximate surface area is 89.3 Å². The Morgan fingerprint density at radius 3 is 2.13 bits per heavy atom. The summed E-state index contributed by atoms with van der Waals surface area (Å²) in [5.41, 5.74) is 7.81. The predicted octanol–water partition coefficient (Wildman–Crippen LogP) is 1.83. The highest BCUT2D eigenvalue weighted by Crippen LogP contribution is 2.22. The van der Waals surface area contributed by atoms with E-state index in [4.69, 9.17) is 5.73 Å². The molecule has 0 aromatic heterocycles. The van der Waals surface area contributed by atoms with Gasteiger partial charge in [0.2, 0.25) is 0 Å². The van der Waals surface area contributed by atoms with Crippen LogP contribution in [0.1, 0.15) is 11.1 Å². The van der Waals surface area contributed by atoms with Crippen LogP contribution in [0.3, 0.4) is 0 Å². The summed E-state index contributed by atoms with van der Waals surface area (Å²) in [6.07, 6.45) is 0.881. The minimum Gasteiger partial charge on any atom is -0.392 e. The van der Waals surface area contributed by atoms with Gasteiger partial charge in [0, 0.05) is 0 Å². The van der Waals surface area contributed by atoms with Gasteiger partial charge in [0.05, 0.1) is 6.61 Å². The van der Waals surface area contributed by atoms with E-state index in [2.05, 4.69) is 12.1 Å². The number of aliphatic hydroxyl groups is 1. The summed E-state index contributed by atoms with van der Waals surface area (Å²) in [5, 5.41) is 11.6. The van der Waals surface area contributed by atoms with E-state index in [1.807, 2.05) is 24.3 Å². The fourth-order valence-corrected chi connectivity index (χ4v) is 1.95. The number of aliphatic hydroxyl groups excluding tert-OH is 1. The fraction of sp³-hybridized carbons (Fsp3) is 0.231. The minimum atomic E-state index is 0.0867. The van der Waals surface area contributed by atoms with Gasteiger partial charge < -0.3 is 10.8 Å². The van der Waals surface area contributed by atoms with Gasteiger partial charge in [-0.25, -0.2) is 0 Å². The quantitative estimate of drug-likeness (QED) is 0.795. The number of rotatable bonds is 3. The van der Waals surface area contributed by atoms with Crippen LogP contribution in [0.5, 0.6) is 0 Å². The first-order valence-corrected chi connectivity index (χ1v) is 5.17. The first kappa shape index (κ1) is 10.1. The van der Waals surface area contributed by atoms with Crippen molar-refractivity contribution in [3.8, 4) is 0 Å². The second-order valence-electron chi connectivity index (χ2n) is 3.63. The molecule has 15 heavy (non-hydrogen) atoms. The summed E-state index contributed by atoms with van der Waals surface area (Å²) in [6.45, 7) is 0.742. The zero-order chi connectivity index (χ0) is 10.7. The molecule has 0 fully saturated rings. The first-order valence-electron chi connectivity index (χ1n) is 5.17. The molecule has 0 bridgehead atoms. The van der Waals surface area contributed by atoms with Gasteiger partial charge in [-0.1, -0.05) is 36.4 Å². The maximum Gasteiger partial charge on any atom is 0.0687 e. The summed E-state index contributed by atoms with van der Waals surface area (Å²) in [7, 11) is 0. The molecule has 3 N–H and O–H groups in total. The molecule has 2 aromatic rings. The smallest absolute Gasteiger partial charge is 0.0687 e. The van der Waals surface area contributed by atoms with Crippen LogP contribution in [0, 0.1) is 0 Å². The number of benzene rings is 2. The van der Waals surface area contributed by atoms with Gasteiger partial charge in [0.1, 0.15) is 0 Å². The zero-order valence-corrected chi connectivity index (χ0v) is 8.61. The monoisotopic (exact) mass is 201 g/mol. The largest absolute Gasteiger partial charge is 0.392 e. The molecule has 0 aliphatic heterocycles. The Morgan fingerprint density at radius 1 is 0.933 bits per heavy atom. The Bertz CT molecular complexity index is 465. The molecule has 2 nitrogen and oxygen atoms in total. The summed E-state index contributed by atoms with van der Waals surface area (Å²) < 4.78 is 0. The van der Waals surface area contributed by atoms with Crippen LogP contribution < -0.4 is 5.73 Å². The van der Waals surface area contributed by atoms with Crippen LogP contribution >= 0.6 is 0 Å². The standard InChI is InChI=1S/C13H15NO/c14-8-7-10-3-1-6-13-11(9-15)4-2-5-12(10)13/h1-6,15H,7-9,14H2. The van der Waals surface area contributed by atoms with Crippen molar-refractivity contribution < 1.29 is 5.11 Å². The molecule has 0 atom stereocenters. The van der Waals surface area contributed by atoms with Crippen LogP contribution in [0.25, 0.3) is 10.8 Å². The Hall–Kier alpha value is -1.38. The van der Waals surface area contributed by atoms with Gasteiger partial charge in [-0.15, -0.1) is 0 Å². The lowest BCUT2D eigenvalue weighted by Crippen LogP contribution is -2.03. The van der Waals surface area contributed by atoms with E-state index in [-0.39, 0.29) is 6.61 Å². The van der Waals surface area contributed by atoms with Crippen LogP contribution in [-0.2, 0) is 13.0 Å². The second-order valence-corrected chi connectivity index (χ2v) is 3.63. The van der Waals surface area contributed by atoms with E-state index < -0.39 is 0 Å². The lowest BCUT2D eigenvalue weighted by molar-refractivity contribution is 0.283. The highest BCUT2D eigenvalue weighted by Gasteiger charge is 2.03. The molecule has 0 saturated heterocycles. The summed E-state index contributed by atoms with van der Waals surface area (Å²) in [5.74, 6) is 0. The van der Waals surface area contributed by atoms with Gasteiger partial charge in [0.15, 0.2) is 0 Å². The third-order valence-electron chi connectivity index (χ3n) is 2.69. The molecule has 2 aromatic carbocycles. The summed E-state index contributed by atoms with van der Waals surface area (Å²) in [6, 6.07) is 12.2. The van der Waals surface area contributed by atoms with E-state index >= 15 is 0 Å². The van der Waals surface area contributed by atoms with Crippen molar-refractivity contribution in [1.82, 2.24) is 0 Å². The molecular formula is C13H15NO. The van der Waals surface area contributed by atoms with E-state index in [0.717, 1.165) is 17.4 Å². The van der Waals surface area contributed by atoms with Crippen LogP contribution in [0.2, 0.25) is 0 Å². The third kappa shape index (κ3) is 1.87. The van der Waals surface area contributed by atoms with E-state index in [9.17, 15) is 5.11 Å². The van der Waals surface area contributed by atoms with E-state index in [1.54, 1.807) is 0 Å². The maximum atomic E-state index is 9.23. The fourth-order valence-electron chi connectivity index (χ4n) is 1.95. The molecule has 0 spiro atoms. The van der Waals surface area contributed by atoms with Gasteiger partial charge in [-0.3, -0.25) is 0 Å². The number of hydrogen-bond donors (Lipinski definition) is 2. The predicted molar refractivity (Wildman–Crippen MR) is 62.6 cm³/mol. The zero-order valence-electron chi connectivity index (χ0n) is 8.61. The Balaban J connectivity index is 2.65. The molecule has 0 saturated carbocycles. The lowest BCUT2D eigenvalue weighted by Gasteiger charge is -2.08. The molecule has 0 radical (unpaired) electrons. The summed E-state index contributed by atoms with van der Waals surface area (Å²) >= 11 is 0. The topological polar surface area (TPSA) is 46.2 Å². The van der Waals surface area contributed by atoms with Crippen molar-refractivity contribution in [2.24, 2.45) is 5.73 Å². The highest BCUT2D eigenvalue weighted by molar-refractivity contribution is 5.88. The normalized spacial score (nSPS) is 10.8. The van der Waals surface area contributed by atoms with Crippen molar-refractivity contribution in [3.05, 3.63) is 47.5 Å². The average Bonchev–Trinajstić information content (AvgIpc) is 2.29. The van der Waals surface area contributed by atoms with Crippen LogP contribution in [0.15, 0.2) is 36.4 Å². The van der Waals surface area contributed by atoms with E-state index in [1.165, 1.54) is 10.9 Å². The minimum absolute atomic E-state index is 0.0867. The second kappa shape index (κ2) is 4.43. The maximum absolute atomic E-state index is 9.23. The highest BCUT2D eigenvalue weighted by atomic mass is 16.3. The van der Waals surface area contributed by atoms with Crippen molar-refractivity contribution in [3.63, 3.8) is 0 Å². The molecule has 2 rings (SSSR count). The molecule has 2 heteroatoms. The number of fused-ring (bicyclic) bond motifs is 1. The molecule has 0 unspecified atom stereocenters. The molecule has 0 aliphatic rings. The van der Waals surface area contributed by atoms with Gasteiger partial charge in [0.25, 0.3) is 0 Å². The molecule has 0 aliphatic carbocycles. The van der Waals surface area contributed by atoms with Crippen LogP contribution in [0.4, 0.5) is 0 Å². The number of hydrogen-bond acceptors (Lipinski definition) is 2. The van der Waals surface area contributed by atoms with Crippen molar-refractivity contribution >= 4 is 10.8 Å². The molecule has 0 heterocycles. The Morgan fingerprint density at radius 2 is 1.53 bits per heavy atom. The number of nitrogens with two attached hydrogens (primary N) is 1. The van der Waals surface area contributed by atoms with Crippen molar-refractivity contribution in [2.75, 3.05) is 6.54 Å².